The molecule has 0 aliphatic rings. The SMILES string of the molecule is Cc1cccc(-n2cc(C(=O)NCC(F)(F)CN)nn2)c1.Cl. The minimum atomic E-state index is -3.14. The molecule has 3 N–H and O–H groups in total. The van der Waals surface area contributed by atoms with Crippen LogP contribution in [0.25, 0.3) is 5.69 Å². The second kappa shape index (κ2) is 7.28. The number of aryl methyl sites for hydroxylation is 1. The van der Waals surface area contributed by atoms with E-state index in [9.17, 15) is 13.6 Å². The molecule has 6 nitrogen and oxygen atoms in total. The lowest BCUT2D eigenvalue weighted by molar-refractivity contribution is 0.0118. The highest BCUT2D eigenvalue weighted by Gasteiger charge is 2.27. The molecule has 22 heavy (non-hydrogen) atoms. The summed E-state index contributed by atoms with van der Waals surface area (Å²) in [6, 6.07) is 7.42. The van der Waals surface area contributed by atoms with Gasteiger partial charge in [-0.2, -0.15) is 0 Å². The summed E-state index contributed by atoms with van der Waals surface area (Å²) < 4.78 is 27.3. The van der Waals surface area contributed by atoms with Crippen LogP contribution in [-0.2, 0) is 0 Å². The molecule has 0 bridgehead atoms. The van der Waals surface area contributed by atoms with Crippen LogP contribution in [-0.4, -0.2) is 39.9 Å². The van der Waals surface area contributed by atoms with Crippen molar-refractivity contribution in [2.24, 2.45) is 5.73 Å². The summed E-state index contributed by atoms with van der Waals surface area (Å²) in [6.07, 6.45) is 1.38. The highest BCUT2D eigenvalue weighted by Crippen LogP contribution is 2.11. The third-order valence-corrected chi connectivity index (χ3v) is 2.80. The van der Waals surface area contributed by atoms with E-state index in [4.69, 9.17) is 5.73 Å². The summed E-state index contributed by atoms with van der Waals surface area (Å²) in [5.74, 6) is -3.86. The smallest absolute Gasteiger partial charge is 0.277 e. The van der Waals surface area contributed by atoms with Crippen LogP contribution in [0.4, 0.5) is 8.78 Å². The number of aromatic nitrogens is 3. The molecule has 0 aliphatic carbocycles. The molecule has 2 aromatic rings. The van der Waals surface area contributed by atoms with Gasteiger partial charge >= 0.3 is 0 Å². The maximum absolute atomic E-state index is 13.0. The maximum atomic E-state index is 13.0. The average molecular weight is 332 g/mol. The Hall–Kier alpha value is -2.06. The Labute approximate surface area is 132 Å². The summed E-state index contributed by atoms with van der Waals surface area (Å²) in [5, 5.41) is 9.56. The van der Waals surface area contributed by atoms with Gasteiger partial charge in [0.05, 0.1) is 25.0 Å². The number of rotatable bonds is 5. The number of nitrogens with zero attached hydrogens (tertiary/aromatic N) is 3. The van der Waals surface area contributed by atoms with Gasteiger partial charge in [-0.25, -0.2) is 13.5 Å². The zero-order chi connectivity index (χ0) is 15.5. The molecule has 0 aliphatic heterocycles. The lowest BCUT2D eigenvalue weighted by Gasteiger charge is -2.13. The molecule has 0 spiro atoms. The van der Waals surface area contributed by atoms with E-state index in [1.165, 1.54) is 10.9 Å². The van der Waals surface area contributed by atoms with Gasteiger partial charge in [-0.3, -0.25) is 4.79 Å². The number of benzene rings is 1. The number of carbonyl (C=O) groups excluding carboxylic acids is 1. The van der Waals surface area contributed by atoms with Crippen LogP contribution in [0, 0.1) is 6.92 Å². The van der Waals surface area contributed by atoms with Crippen LogP contribution in [0.2, 0.25) is 0 Å². The number of amides is 1. The van der Waals surface area contributed by atoms with Gasteiger partial charge in [0.15, 0.2) is 5.69 Å². The molecule has 1 aromatic heterocycles. The molecule has 0 saturated heterocycles. The molecule has 1 amide bonds. The van der Waals surface area contributed by atoms with Gasteiger partial charge in [-0.1, -0.05) is 17.3 Å². The Morgan fingerprint density at radius 1 is 1.45 bits per heavy atom. The number of hydrogen-bond acceptors (Lipinski definition) is 4. The summed E-state index contributed by atoms with van der Waals surface area (Å²) in [5.41, 5.74) is 6.61. The summed E-state index contributed by atoms with van der Waals surface area (Å²) in [7, 11) is 0. The Balaban J connectivity index is 0.00000242. The van der Waals surface area contributed by atoms with Crippen molar-refractivity contribution in [1.29, 1.82) is 0 Å². The summed E-state index contributed by atoms with van der Waals surface area (Å²) >= 11 is 0. The third-order valence-electron chi connectivity index (χ3n) is 2.80. The Bertz CT molecular complexity index is 647. The number of nitrogens with one attached hydrogen (secondary N) is 1. The first-order chi connectivity index (χ1) is 9.91. The molecule has 1 heterocycles. The molecule has 1 aromatic carbocycles. The molecular weight excluding hydrogens is 316 g/mol. The van der Waals surface area contributed by atoms with Gasteiger partial charge in [0.25, 0.3) is 11.8 Å². The highest BCUT2D eigenvalue weighted by atomic mass is 35.5. The summed E-state index contributed by atoms with van der Waals surface area (Å²) in [6.45, 7) is 0.256. The molecular formula is C13H16ClF2N5O. The van der Waals surface area contributed by atoms with E-state index in [-0.39, 0.29) is 18.1 Å². The van der Waals surface area contributed by atoms with Crippen molar-refractivity contribution in [1.82, 2.24) is 20.3 Å². The molecule has 0 saturated carbocycles. The van der Waals surface area contributed by atoms with Crippen LogP contribution in [0.3, 0.4) is 0 Å². The molecule has 0 unspecified atom stereocenters. The molecule has 0 radical (unpaired) electrons. The minimum absolute atomic E-state index is 0. The van der Waals surface area contributed by atoms with Crippen LogP contribution in [0.1, 0.15) is 16.1 Å². The Kier molecular flexibility index (Phi) is 5.95. The molecule has 9 heteroatoms. The Morgan fingerprint density at radius 3 is 2.82 bits per heavy atom. The lowest BCUT2D eigenvalue weighted by Crippen LogP contribution is -2.41. The Morgan fingerprint density at radius 2 is 2.18 bits per heavy atom. The van der Waals surface area contributed by atoms with Crippen molar-refractivity contribution in [3.05, 3.63) is 41.7 Å². The van der Waals surface area contributed by atoms with Gasteiger partial charge < -0.3 is 11.1 Å². The number of nitrogens with two attached hydrogens (primary N) is 1. The second-order valence-electron chi connectivity index (χ2n) is 4.63. The molecule has 0 fully saturated rings. The van der Waals surface area contributed by atoms with Crippen molar-refractivity contribution in [3.63, 3.8) is 0 Å². The lowest BCUT2D eigenvalue weighted by atomic mass is 10.2. The van der Waals surface area contributed by atoms with E-state index in [1.54, 1.807) is 6.07 Å². The van der Waals surface area contributed by atoms with Crippen molar-refractivity contribution < 1.29 is 13.6 Å². The van der Waals surface area contributed by atoms with E-state index >= 15 is 0 Å². The van der Waals surface area contributed by atoms with Crippen LogP contribution < -0.4 is 11.1 Å². The van der Waals surface area contributed by atoms with E-state index in [0.717, 1.165) is 11.3 Å². The van der Waals surface area contributed by atoms with E-state index in [2.05, 4.69) is 15.6 Å². The topological polar surface area (TPSA) is 85.8 Å². The fourth-order valence-electron chi connectivity index (χ4n) is 1.64. The number of carbonyl (C=O) groups is 1. The maximum Gasteiger partial charge on any atom is 0.277 e. The highest BCUT2D eigenvalue weighted by molar-refractivity contribution is 5.91. The number of hydrogen-bond donors (Lipinski definition) is 2. The van der Waals surface area contributed by atoms with E-state index in [1.807, 2.05) is 25.1 Å². The first-order valence-corrected chi connectivity index (χ1v) is 6.27. The zero-order valence-electron chi connectivity index (χ0n) is 11.8. The first kappa shape index (κ1) is 18.0. The monoisotopic (exact) mass is 331 g/mol. The predicted molar refractivity (Wildman–Crippen MR) is 79.7 cm³/mol. The molecule has 0 atom stereocenters. The fourth-order valence-corrected chi connectivity index (χ4v) is 1.64. The number of halogens is 3. The molecule has 2 rings (SSSR count). The molecule has 120 valence electrons. The first-order valence-electron chi connectivity index (χ1n) is 6.27. The van der Waals surface area contributed by atoms with E-state index < -0.39 is 24.9 Å². The van der Waals surface area contributed by atoms with Gasteiger partial charge in [0.2, 0.25) is 0 Å². The van der Waals surface area contributed by atoms with Gasteiger partial charge in [0, 0.05) is 0 Å². The van der Waals surface area contributed by atoms with Crippen molar-refractivity contribution in [2.45, 2.75) is 12.8 Å². The van der Waals surface area contributed by atoms with Gasteiger partial charge in [-0.15, -0.1) is 17.5 Å². The average Bonchev–Trinajstić information content (AvgIpc) is 2.95. The zero-order valence-corrected chi connectivity index (χ0v) is 12.6. The normalized spacial score (nSPS) is 10.9. The minimum Gasteiger partial charge on any atom is -0.344 e. The van der Waals surface area contributed by atoms with Crippen LogP contribution in [0.15, 0.2) is 30.5 Å². The predicted octanol–water partition coefficient (Wildman–Crippen LogP) is 1.32. The van der Waals surface area contributed by atoms with Crippen molar-refractivity contribution in [3.8, 4) is 5.69 Å². The largest absolute Gasteiger partial charge is 0.344 e. The van der Waals surface area contributed by atoms with Gasteiger partial charge in [0.1, 0.15) is 0 Å². The van der Waals surface area contributed by atoms with Crippen molar-refractivity contribution >= 4 is 18.3 Å². The van der Waals surface area contributed by atoms with Crippen LogP contribution >= 0.6 is 12.4 Å². The van der Waals surface area contributed by atoms with Crippen LogP contribution in [0.5, 0.6) is 0 Å². The second-order valence-corrected chi connectivity index (χ2v) is 4.63. The quantitative estimate of drug-likeness (QED) is 0.865. The third kappa shape index (κ3) is 4.47. The van der Waals surface area contributed by atoms with Crippen molar-refractivity contribution in [2.75, 3.05) is 13.1 Å². The number of alkyl halides is 2. The van der Waals surface area contributed by atoms with E-state index in [0.29, 0.717) is 0 Å². The van der Waals surface area contributed by atoms with Gasteiger partial charge in [-0.05, 0) is 24.6 Å². The summed E-state index contributed by atoms with van der Waals surface area (Å²) in [4.78, 5) is 11.7. The fraction of sp³-hybridized carbons (Fsp3) is 0.308. The standard InChI is InChI=1S/C13H15F2N5O.ClH/c1-9-3-2-4-10(5-9)20-6-11(18-19-20)12(21)17-8-13(14,15)7-16;/h2-6H,7-8,16H2,1H3,(H,17,21);1H.